The second-order valence-corrected chi connectivity index (χ2v) is 4.04. The Morgan fingerprint density at radius 1 is 1.28 bits per heavy atom. The van der Waals surface area contributed by atoms with Crippen LogP contribution in [0.25, 0.3) is 11.4 Å². The summed E-state index contributed by atoms with van der Waals surface area (Å²) < 4.78 is 5.60. The molecule has 0 saturated carbocycles. The number of benzene rings is 1. The van der Waals surface area contributed by atoms with Crippen LogP contribution in [0.3, 0.4) is 0 Å². The molecule has 5 heteroatoms. The molecule has 0 amide bonds. The van der Waals surface area contributed by atoms with E-state index in [4.69, 9.17) is 10.5 Å². The highest BCUT2D eigenvalue weighted by Gasteiger charge is 2.04. The molecule has 0 fully saturated rings. The van der Waals surface area contributed by atoms with Crippen molar-refractivity contribution in [3.63, 3.8) is 0 Å². The Labute approximate surface area is 106 Å². The lowest BCUT2D eigenvalue weighted by Crippen LogP contribution is -1.98. The van der Waals surface area contributed by atoms with Gasteiger partial charge in [-0.15, -0.1) is 0 Å². The predicted octanol–water partition coefficient (Wildman–Crippen LogP) is 2.11. The van der Waals surface area contributed by atoms with Crippen LogP contribution in [0.15, 0.2) is 24.3 Å². The van der Waals surface area contributed by atoms with Crippen molar-refractivity contribution in [2.45, 2.75) is 26.3 Å². The summed E-state index contributed by atoms with van der Waals surface area (Å²) >= 11 is 0. The van der Waals surface area contributed by atoms with Gasteiger partial charge in [0.25, 0.3) is 0 Å². The van der Waals surface area contributed by atoms with E-state index < -0.39 is 0 Å². The van der Waals surface area contributed by atoms with Gasteiger partial charge < -0.3 is 10.5 Å². The second kappa shape index (κ2) is 6.16. The molecule has 18 heavy (non-hydrogen) atoms. The molecule has 2 rings (SSSR count). The van der Waals surface area contributed by atoms with Crippen molar-refractivity contribution in [2.24, 2.45) is 5.73 Å². The van der Waals surface area contributed by atoms with Crippen molar-refractivity contribution >= 4 is 0 Å². The lowest BCUT2D eigenvalue weighted by atomic mass is 10.2. The van der Waals surface area contributed by atoms with Crippen molar-refractivity contribution in [1.82, 2.24) is 15.2 Å². The van der Waals surface area contributed by atoms with Gasteiger partial charge in [0.1, 0.15) is 11.6 Å². The molecule has 0 radical (unpaired) electrons. The number of aromatic amines is 1. The number of aromatic nitrogens is 3. The molecule has 0 aliphatic carbocycles. The summed E-state index contributed by atoms with van der Waals surface area (Å²) in [6.07, 6.45) is 2.21. The standard InChI is InChI=1S/C13H18N4O/c1-2-3-8-18-11-6-4-10(5-7-11)13-15-12(9-14)16-17-13/h4-7H,2-3,8-9,14H2,1H3,(H,15,16,17). The van der Waals surface area contributed by atoms with E-state index >= 15 is 0 Å². The van der Waals surface area contributed by atoms with Gasteiger partial charge >= 0.3 is 0 Å². The van der Waals surface area contributed by atoms with Gasteiger partial charge in [-0.3, -0.25) is 5.10 Å². The number of nitrogens with two attached hydrogens (primary N) is 1. The van der Waals surface area contributed by atoms with Gasteiger partial charge in [-0.1, -0.05) is 13.3 Å². The minimum Gasteiger partial charge on any atom is -0.494 e. The third kappa shape index (κ3) is 3.07. The van der Waals surface area contributed by atoms with Gasteiger partial charge in [-0.2, -0.15) is 5.10 Å². The maximum atomic E-state index is 5.60. The van der Waals surface area contributed by atoms with Crippen molar-refractivity contribution in [3.05, 3.63) is 30.1 Å². The highest BCUT2D eigenvalue weighted by molar-refractivity contribution is 5.55. The Morgan fingerprint density at radius 3 is 2.67 bits per heavy atom. The van der Waals surface area contributed by atoms with Gasteiger partial charge in [-0.25, -0.2) is 4.98 Å². The monoisotopic (exact) mass is 246 g/mol. The SMILES string of the molecule is CCCCOc1ccc(-c2n[nH]c(CN)n2)cc1. The van der Waals surface area contributed by atoms with Crippen molar-refractivity contribution < 1.29 is 4.74 Å². The Hall–Kier alpha value is -1.88. The van der Waals surface area contributed by atoms with Gasteiger partial charge in [0, 0.05) is 5.56 Å². The molecule has 2 aromatic rings. The topological polar surface area (TPSA) is 76.8 Å². The molecular formula is C13H18N4O. The summed E-state index contributed by atoms with van der Waals surface area (Å²) in [5.74, 6) is 2.23. The van der Waals surface area contributed by atoms with Gasteiger partial charge in [-0.05, 0) is 30.7 Å². The first kappa shape index (κ1) is 12.6. The molecule has 1 heterocycles. The number of nitrogens with zero attached hydrogens (tertiary/aromatic N) is 2. The molecule has 1 aromatic heterocycles. The molecule has 0 aliphatic rings. The maximum absolute atomic E-state index is 5.60. The first-order valence-corrected chi connectivity index (χ1v) is 6.18. The summed E-state index contributed by atoms with van der Waals surface area (Å²) in [6.45, 7) is 3.27. The number of H-pyrrole nitrogens is 1. The van der Waals surface area contributed by atoms with E-state index in [1.807, 2.05) is 24.3 Å². The Morgan fingerprint density at radius 2 is 2.06 bits per heavy atom. The average Bonchev–Trinajstić information content (AvgIpc) is 2.89. The van der Waals surface area contributed by atoms with Gasteiger partial charge in [0.05, 0.1) is 13.2 Å². The third-order valence-corrected chi connectivity index (χ3v) is 2.60. The lowest BCUT2D eigenvalue weighted by Gasteiger charge is -2.05. The van der Waals surface area contributed by atoms with Crippen LogP contribution in [0, 0.1) is 0 Å². The Balaban J connectivity index is 2.02. The zero-order valence-electron chi connectivity index (χ0n) is 10.5. The van der Waals surface area contributed by atoms with E-state index in [0.717, 1.165) is 30.8 Å². The first-order valence-electron chi connectivity index (χ1n) is 6.18. The van der Waals surface area contributed by atoms with Crippen LogP contribution >= 0.6 is 0 Å². The molecule has 0 saturated heterocycles. The number of rotatable bonds is 6. The molecule has 0 aliphatic heterocycles. The molecule has 1 aromatic carbocycles. The minimum atomic E-state index is 0.366. The second-order valence-electron chi connectivity index (χ2n) is 4.04. The number of hydrogen-bond donors (Lipinski definition) is 2. The Kier molecular flexibility index (Phi) is 4.30. The fourth-order valence-corrected chi connectivity index (χ4v) is 1.55. The quantitative estimate of drug-likeness (QED) is 0.765. The van der Waals surface area contributed by atoms with E-state index in [0.29, 0.717) is 18.2 Å². The molecule has 5 nitrogen and oxygen atoms in total. The number of unbranched alkanes of at least 4 members (excludes halogenated alkanes) is 1. The van der Waals surface area contributed by atoms with Gasteiger partial charge in [0.2, 0.25) is 0 Å². The summed E-state index contributed by atoms with van der Waals surface area (Å²) in [4.78, 5) is 4.27. The molecule has 0 unspecified atom stereocenters. The lowest BCUT2D eigenvalue weighted by molar-refractivity contribution is 0.309. The highest BCUT2D eigenvalue weighted by Crippen LogP contribution is 2.19. The normalized spacial score (nSPS) is 10.6. The number of hydrogen-bond acceptors (Lipinski definition) is 4. The van der Waals surface area contributed by atoms with Crippen LogP contribution < -0.4 is 10.5 Å². The van der Waals surface area contributed by atoms with Crippen LogP contribution in [-0.4, -0.2) is 21.8 Å². The summed E-state index contributed by atoms with van der Waals surface area (Å²) in [7, 11) is 0. The van der Waals surface area contributed by atoms with E-state index in [1.54, 1.807) is 0 Å². The van der Waals surface area contributed by atoms with Crippen molar-refractivity contribution in [1.29, 1.82) is 0 Å². The molecule has 0 spiro atoms. The van der Waals surface area contributed by atoms with Crippen molar-refractivity contribution in [3.8, 4) is 17.1 Å². The molecule has 96 valence electrons. The van der Waals surface area contributed by atoms with E-state index in [2.05, 4.69) is 22.1 Å². The third-order valence-electron chi connectivity index (χ3n) is 2.60. The number of nitrogens with one attached hydrogen (secondary N) is 1. The Bertz CT molecular complexity index is 478. The summed E-state index contributed by atoms with van der Waals surface area (Å²) in [6, 6.07) is 7.77. The fraction of sp³-hybridized carbons (Fsp3) is 0.385. The maximum Gasteiger partial charge on any atom is 0.181 e. The van der Waals surface area contributed by atoms with E-state index in [-0.39, 0.29) is 0 Å². The fourth-order valence-electron chi connectivity index (χ4n) is 1.55. The van der Waals surface area contributed by atoms with Crippen LogP contribution in [-0.2, 0) is 6.54 Å². The van der Waals surface area contributed by atoms with Crippen LogP contribution in [0.1, 0.15) is 25.6 Å². The molecule has 0 atom stereocenters. The van der Waals surface area contributed by atoms with E-state index in [9.17, 15) is 0 Å². The van der Waals surface area contributed by atoms with E-state index in [1.165, 1.54) is 0 Å². The van der Waals surface area contributed by atoms with Crippen molar-refractivity contribution in [2.75, 3.05) is 6.61 Å². The smallest absolute Gasteiger partial charge is 0.181 e. The minimum absolute atomic E-state index is 0.366. The molecule has 3 N–H and O–H groups in total. The summed E-state index contributed by atoms with van der Waals surface area (Å²) in [5.41, 5.74) is 6.43. The summed E-state index contributed by atoms with van der Waals surface area (Å²) in [5, 5.41) is 6.90. The zero-order valence-corrected chi connectivity index (χ0v) is 10.5. The largest absolute Gasteiger partial charge is 0.494 e. The van der Waals surface area contributed by atoms with Crippen LogP contribution in [0.5, 0.6) is 5.75 Å². The molecule has 0 bridgehead atoms. The van der Waals surface area contributed by atoms with Gasteiger partial charge in [0.15, 0.2) is 5.82 Å². The zero-order chi connectivity index (χ0) is 12.8. The predicted molar refractivity (Wildman–Crippen MR) is 70.1 cm³/mol. The molecular weight excluding hydrogens is 228 g/mol. The highest BCUT2D eigenvalue weighted by atomic mass is 16.5. The average molecular weight is 246 g/mol. The van der Waals surface area contributed by atoms with Crippen LogP contribution in [0.4, 0.5) is 0 Å². The first-order chi connectivity index (χ1) is 8.83. The van der Waals surface area contributed by atoms with Crippen LogP contribution in [0.2, 0.25) is 0 Å². The number of ether oxygens (including phenoxy) is 1.